The van der Waals surface area contributed by atoms with Gasteiger partial charge in [-0.3, -0.25) is 14.4 Å². The van der Waals surface area contributed by atoms with Crippen molar-refractivity contribution in [3.05, 3.63) is 75.8 Å². The number of aliphatic hydroxyl groups is 1. The first kappa shape index (κ1) is 24.1. The Bertz CT molecular complexity index is 1390. The second-order valence-corrected chi connectivity index (χ2v) is 9.39. The van der Waals surface area contributed by atoms with Gasteiger partial charge in [0, 0.05) is 46.6 Å². The minimum Gasteiger partial charge on any atom is -0.512 e. The number of nitrogens with zero attached hydrogens (tertiary/aromatic N) is 6. The third-order valence-electron chi connectivity index (χ3n) is 5.67. The maximum Gasteiger partial charge on any atom is 0.253 e. The number of thiophene rings is 1. The van der Waals surface area contributed by atoms with Gasteiger partial charge >= 0.3 is 0 Å². The zero-order valence-electron chi connectivity index (χ0n) is 20.3. The second kappa shape index (κ2) is 9.67. The summed E-state index contributed by atoms with van der Waals surface area (Å²) in [5, 5.41) is 29.6. The Kier molecular flexibility index (Phi) is 6.65. The number of benzene rings is 1. The topological polar surface area (TPSA) is 108 Å². The molecule has 1 amide bonds. The smallest absolute Gasteiger partial charge is 0.253 e. The number of rotatable bonds is 6. The number of hydrazone groups is 1. The van der Waals surface area contributed by atoms with E-state index in [0.717, 1.165) is 33.2 Å². The predicted octanol–water partition coefficient (Wildman–Crippen LogP) is 4.83. The van der Waals surface area contributed by atoms with Crippen molar-refractivity contribution in [1.29, 1.82) is 0 Å². The molecule has 4 rings (SSSR count). The lowest BCUT2D eigenvalue weighted by Gasteiger charge is -2.18. The number of nitrogens with one attached hydrogen (secondary N) is 1. The zero-order valence-corrected chi connectivity index (χ0v) is 21.1. The summed E-state index contributed by atoms with van der Waals surface area (Å²) in [6, 6.07) is 7.58. The van der Waals surface area contributed by atoms with E-state index in [1.807, 2.05) is 35.8 Å². The number of carbonyl (C=O) groups is 1. The third-order valence-corrected chi connectivity index (χ3v) is 6.86. The van der Waals surface area contributed by atoms with Gasteiger partial charge in [0.2, 0.25) is 5.91 Å². The van der Waals surface area contributed by atoms with Gasteiger partial charge in [0.1, 0.15) is 16.5 Å². The van der Waals surface area contributed by atoms with E-state index in [-0.39, 0.29) is 18.2 Å². The van der Waals surface area contributed by atoms with Crippen LogP contribution in [0.25, 0.3) is 5.00 Å². The number of aromatic nitrogens is 3. The Morgan fingerprint density at radius 3 is 2.54 bits per heavy atom. The Morgan fingerprint density at radius 1 is 1.20 bits per heavy atom. The molecule has 10 heteroatoms. The normalized spacial score (nSPS) is 13.6. The monoisotopic (exact) mass is 489 g/mol. The molecule has 1 aliphatic rings. The number of amides is 1. The maximum absolute atomic E-state index is 11.5. The van der Waals surface area contributed by atoms with Gasteiger partial charge in [-0.1, -0.05) is 18.7 Å². The lowest BCUT2D eigenvalue weighted by Crippen LogP contribution is -2.24. The van der Waals surface area contributed by atoms with Gasteiger partial charge < -0.3 is 10.4 Å². The van der Waals surface area contributed by atoms with Gasteiger partial charge in [0.15, 0.2) is 0 Å². The van der Waals surface area contributed by atoms with E-state index >= 15 is 0 Å². The van der Waals surface area contributed by atoms with E-state index < -0.39 is 0 Å². The fourth-order valence-corrected chi connectivity index (χ4v) is 4.99. The van der Waals surface area contributed by atoms with Crippen molar-refractivity contribution < 1.29 is 9.90 Å². The molecule has 0 aliphatic carbocycles. The molecule has 3 heterocycles. The number of hydrogen-bond acceptors (Lipinski definition) is 8. The zero-order chi connectivity index (χ0) is 25.3. The van der Waals surface area contributed by atoms with Crippen LogP contribution in [0.5, 0.6) is 0 Å². The molecule has 3 aromatic rings. The molecule has 2 N–H and O–H groups in total. The van der Waals surface area contributed by atoms with E-state index in [2.05, 4.69) is 40.9 Å². The first-order chi connectivity index (χ1) is 16.7. The summed E-state index contributed by atoms with van der Waals surface area (Å²) < 4.78 is 2.00. The number of aliphatic imine (C=N–C) groups is 1. The van der Waals surface area contributed by atoms with Crippen LogP contribution >= 0.6 is 11.3 Å². The molecular weight excluding hydrogens is 462 g/mol. The molecule has 0 saturated heterocycles. The number of hydrogen-bond donors (Lipinski definition) is 2. The lowest BCUT2D eigenvalue weighted by molar-refractivity contribution is -0.114. The lowest BCUT2D eigenvalue weighted by atomic mass is 10.00. The van der Waals surface area contributed by atoms with Crippen molar-refractivity contribution in [1.82, 2.24) is 14.8 Å². The fraction of sp³-hybridized carbons (Fsp3) is 0.240. The Balaban J connectivity index is 1.93. The fourth-order valence-electron chi connectivity index (χ4n) is 3.79. The van der Waals surface area contributed by atoms with Crippen molar-refractivity contribution in [3.63, 3.8) is 0 Å². The van der Waals surface area contributed by atoms with E-state index in [1.165, 1.54) is 18.0 Å². The SMILES string of the molecule is C=C/N=C\C(CN1N=C(c2ccc(NC(C)=O)cc2)c2c(sc(C)c2C)-n2c(C)nnc21)=C(/C)O. The molecule has 0 fully saturated rings. The molecule has 0 spiro atoms. The highest BCUT2D eigenvalue weighted by Crippen LogP contribution is 2.38. The summed E-state index contributed by atoms with van der Waals surface area (Å²) in [6.45, 7) is 13.0. The number of carbonyl (C=O) groups excluding carboxylic acids is 1. The number of aliphatic hydroxyl groups excluding tert-OH is 1. The molecular formula is C25H27N7O2S. The van der Waals surface area contributed by atoms with Gasteiger partial charge in [-0.25, -0.2) is 5.01 Å². The summed E-state index contributed by atoms with van der Waals surface area (Å²) in [5.74, 6) is 1.27. The highest BCUT2D eigenvalue weighted by molar-refractivity contribution is 7.15. The minimum absolute atomic E-state index is 0.126. The quantitative estimate of drug-likeness (QED) is 0.381. The molecule has 9 nitrogen and oxygen atoms in total. The summed E-state index contributed by atoms with van der Waals surface area (Å²) in [5.41, 5.74) is 5.04. The van der Waals surface area contributed by atoms with Gasteiger partial charge in [-0.2, -0.15) is 5.10 Å². The molecule has 0 atom stereocenters. The van der Waals surface area contributed by atoms with Gasteiger partial charge in [0.25, 0.3) is 5.95 Å². The van der Waals surface area contributed by atoms with Crippen LogP contribution in [0.15, 0.2) is 58.5 Å². The largest absolute Gasteiger partial charge is 0.512 e. The van der Waals surface area contributed by atoms with Crippen molar-refractivity contribution in [2.75, 3.05) is 16.9 Å². The van der Waals surface area contributed by atoms with Crippen molar-refractivity contribution in [2.45, 2.75) is 34.6 Å². The number of aryl methyl sites for hydroxylation is 2. The standard InChI is InChI=1S/C25H27N7O2S/c1-7-26-12-20(15(3)33)13-31-25-29-28-17(5)32(25)24-22(14(2)16(4)35-24)23(30-31)19-8-10-21(11-9-19)27-18(6)34/h7-12,33H,1,13H2,2-6H3,(H,27,34)/b20-15-,26-12-. The first-order valence-corrected chi connectivity index (χ1v) is 11.8. The molecule has 1 aliphatic heterocycles. The molecule has 0 saturated carbocycles. The molecule has 0 unspecified atom stereocenters. The Morgan fingerprint density at radius 2 is 1.91 bits per heavy atom. The molecule has 180 valence electrons. The Labute approximate surface area is 207 Å². The van der Waals surface area contributed by atoms with Crippen LogP contribution in [-0.4, -0.2) is 44.2 Å². The highest BCUT2D eigenvalue weighted by Gasteiger charge is 2.30. The van der Waals surface area contributed by atoms with Crippen LogP contribution in [0.2, 0.25) is 0 Å². The molecule has 0 bridgehead atoms. The molecule has 2 aromatic heterocycles. The third kappa shape index (κ3) is 4.65. The first-order valence-electron chi connectivity index (χ1n) is 11.0. The summed E-state index contributed by atoms with van der Waals surface area (Å²) in [7, 11) is 0. The van der Waals surface area contributed by atoms with Crippen molar-refractivity contribution in [2.24, 2.45) is 10.1 Å². The van der Waals surface area contributed by atoms with E-state index in [0.29, 0.717) is 17.2 Å². The van der Waals surface area contributed by atoms with Gasteiger partial charge in [0.05, 0.1) is 12.3 Å². The van der Waals surface area contributed by atoms with Crippen molar-refractivity contribution >= 4 is 40.8 Å². The number of fused-ring (bicyclic) bond motifs is 3. The van der Waals surface area contributed by atoms with Crippen LogP contribution in [0, 0.1) is 20.8 Å². The number of anilines is 2. The second-order valence-electron chi connectivity index (χ2n) is 8.18. The number of allylic oxidation sites excluding steroid dienone is 1. The van der Waals surface area contributed by atoms with Crippen LogP contribution in [0.3, 0.4) is 0 Å². The van der Waals surface area contributed by atoms with E-state index in [9.17, 15) is 9.90 Å². The van der Waals surface area contributed by atoms with Crippen LogP contribution in [-0.2, 0) is 4.79 Å². The van der Waals surface area contributed by atoms with Crippen molar-refractivity contribution in [3.8, 4) is 5.00 Å². The predicted molar refractivity (Wildman–Crippen MR) is 141 cm³/mol. The Hall–Kier alpha value is -4.05. The van der Waals surface area contributed by atoms with E-state index in [1.54, 1.807) is 29.5 Å². The summed E-state index contributed by atoms with van der Waals surface area (Å²) in [4.78, 5) is 16.7. The van der Waals surface area contributed by atoms with Crippen LogP contribution in [0.1, 0.15) is 41.2 Å². The van der Waals surface area contributed by atoms with E-state index in [4.69, 9.17) is 5.10 Å². The molecule has 0 radical (unpaired) electrons. The van der Waals surface area contributed by atoms with Gasteiger partial charge in [-0.15, -0.1) is 21.5 Å². The van der Waals surface area contributed by atoms with Gasteiger partial charge in [-0.05, 0) is 45.4 Å². The maximum atomic E-state index is 11.5. The molecule has 35 heavy (non-hydrogen) atoms. The average molecular weight is 490 g/mol. The summed E-state index contributed by atoms with van der Waals surface area (Å²) >= 11 is 1.66. The average Bonchev–Trinajstić information content (AvgIpc) is 3.28. The van der Waals surface area contributed by atoms with Crippen LogP contribution < -0.4 is 10.3 Å². The highest BCUT2D eigenvalue weighted by atomic mass is 32.1. The van der Waals surface area contributed by atoms with Crippen LogP contribution in [0.4, 0.5) is 11.6 Å². The molecule has 1 aromatic carbocycles. The minimum atomic E-state index is -0.129. The summed E-state index contributed by atoms with van der Waals surface area (Å²) in [6.07, 6.45) is 2.97.